The number of nitrogen functional groups attached to an aromatic ring is 2. The van der Waals surface area contributed by atoms with E-state index in [1.54, 1.807) is 17.2 Å². The largest absolute Gasteiger partial charge is 0.384 e. The fourth-order valence-electron chi connectivity index (χ4n) is 6.00. The molecule has 1 amide bonds. The summed E-state index contributed by atoms with van der Waals surface area (Å²) >= 11 is 0. The SMILES string of the molecule is Nc1ccc2c(n1)CCCN2C(=O)c1ncc(N2CCC3(CC2)Cc2ccccc2[C@H]3N)nc1N. The van der Waals surface area contributed by atoms with Crippen LogP contribution in [0.3, 0.4) is 0 Å². The number of benzene rings is 1. The van der Waals surface area contributed by atoms with Crippen molar-refractivity contribution >= 4 is 29.0 Å². The minimum atomic E-state index is -0.263. The first-order valence-corrected chi connectivity index (χ1v) is 12.2. The molecule has 2 aromatic heterocycles. The summed E-state index contributed by atoms with van der Waals surface area (Å²) in [4.78, 5) is 30.6. The van der Waals surface area contributed by atoms with Gasteiger partial charge < -0.3 is 27.0 Å². The van der Waals surface area contributed by atoms with Gasteiger partial charge in [0.2, 0.25) is 0 Å². The number of aryl methyl sites for hydroxylation is 1. The summed E-state index contributed by atoms with van der Waals surface area (Å²) in [5.41, 5.74) is 23.3. The monoisotopic (exact) mass is 470 g/mol. The Morgan fingerprint density at radius 1 is 1.03 bits per heavy atom. The Kier molecular flexibility index (Phi) is 5.10. The fraction of sp³-hybridized carbons (Fsp3) is 0.385. The molecule has 1 aliphatic carbocycles. The van der Waals surface area contributed by atoms with Gasteiger partial charge in [0.1, 0.15) is 11.6 Å². The van der Waals surface area contributed by atoms with Crippen molar-refractivity contribution in [2.75, 3.05) is 40.9 Å². The molecule has 0 unspecified atom stereocenters. The van der Waals surface area contributed by atoms with E-state index in [0.29, 0.717) is 18.2 Å². The van der Waals surface area contributed by atoms with Crippen molar-refractivity contribution in [2.24, 2.45) is 11.1 Å². The Morgan fingerprint density at radius 3 is 2.60 bits per heavy atom. The molecule has 6 N–H and O–H groups in total. The van der Waals surface area contributed by atoms with Gasteiger partial charge in [0, 0.05) is 25.7 Å². The normalized spacial score (nSPS) is 20.5. The van der Waals surface area contributed by atoms with E-state index in [-0.39, 0.29) is 28.9 Å². The number of nitrogens with zero attached hydrogens (tertiary/aromatic N) is 5. The first-order valence-electron chi connectivity index (χ1n) is 12.2. The quantitative estimate of drug-likeness (QED) is 0.519. The first-order chi connectivity index (χ1) is 16.9. The highest BCUT2D eigenvalue weighted by molar-refractivity contribution is 6.08. The molecule has 1 fully saturated rings. The number of aromatic nitrogens is 3. The highest BCUT2D eigenvalue weighted by Gasteiger charge is 2.46. The van der Waals surface area contributed by atoms with Crippen LogP contribution in [0.4, 0.5) is 23.1 Å². The number of nitrogens with two attached hydrogens (primary N) is 3. The van der Waals surface area contributed by atoms with E-state index in [9.17, 15) is 4.79 Å². The first kappa shape index (κ1) is 21.8. The number of anilines is 4. The van der Waals surface area contributed by atoms with Crippen LogP contribution in [0.5, 0.6) is 0 Å². The predicted octanol–water partition coefficient (Wildman–Crippen LogP) is 2.47. The third kappa shape index (κ3) is 3.58. The zero-order chi connectivity index (χ0) is 24.2. The number of carbonyl (C=O) groups is 1. The number of hydrogen-bond acceptors (Lipinski definition) is 8. The van der Waals surface area contributed by atoms with E-state index in [4.69, 9.17) is 17.2 Å². The van der Waals surface area contributed by atoms with Gasteiger partial charge in [0.15, 0.2) is 11.5 Å². The average molecular weight is 471 g/mol. The number of carbonyl (C=O) groups excluding carboxylic acids is 1. The van der Waals surface area contributed by atoms with Gasteiger partial charge >= 0.3 is 0 Å². The number of pyridine rings is 1. The maximum Gasteiger partial charge on any atom is 0.280 e. The molecule has 1 spiro atoms. The van der Waals surface area contributed by atoms with Crippen LogP contribution in [0.25, 0.3) is 0 Å². The van der Waals surface area contributed by atoms with Crippen LogP contribution in [0.15, 0.2) is 42.6 Å². The van der Waals surface area contributed by atoms with Crippen LogP contribution in [-0.4, -0.2) is 40.5 Å². The molecule has 3 aromatic rings. The summed E-state index contributed by atoms with van der Waals surface area (Å²) in [6, 6.07) is 12.1. The van der Waals surface area contributed by atoms with Crippen LogP contribution in [0.1, 0.15) is 52.6 Å². The molecule has 3 aliphatic rings. The molecule has 0 bridgehead atoms. The predicted molar refractivity (Wildman–Crippen MR) is 136 cm³/mol. The number of hydrogen-bond donors (Lipinski definition) is 3. The second-order valence-corrected chi connectivity index (χ2v) is 9.93. The third-order valence-corrected chi connectivity index (χ3v) is 7.97. The van der Waals surface area contributed by atoms with Crippen LogP contribution < -0.4 is 27.0 Å². The Bertz CT molecular complexity index is 1300. The summed E-state index contributed by atoms with van der Waals surface area (Å²) in [5, 5.41) is 0. The summed E-state index contributed by atoms with van der Waals surface area (Å²) in [5.74, 6) is 1.04. The van der Waals surface area contributed by atoms with Crippen LogP contribution in [-0.2, 0) is 12.8 Å². The smallest absolute Gasteiger partial charge is 0.280 e. The van der Waals surface area contributed by atoms with Crippen molar-refractivity contribution in [3.63, 3.8) is 0 Å². The van der Waals surface area contributed by atoms with E-state index in [0.717, 1.165) is 56.6 Å². The van der Waals surface area contributed by atoms with Gasteiger partial charge in [-0.05, 0) is 60.8 Å². The molecule has 1 atom stereocenters. The Morgan fingerprint density at radius 2 is 1.83 bits per heavy atom. The van der Waals surface area contributed by atoms with Gasteiger partial charge in [-0.25, -0.2) is 15.0 Å². The standard InChI is InChI=1S/C26H30N8O/c27-20-8-7-19-18(31-20)6-3-11-34(19)25(35)22-24(29)32-21(15-30-22)33-12-9-26(10-13-33)14-16-4-1-2-5-17(16)23(26)28/h1-2,4-5,7-8,15,23H,3,6,9-14,28H2,(H2,27,31)(H2,29,32)/t23-/m1/s1. The van der Waals surface area contributed by atoms with Crippen molar-refractivity contribution in [2.45, 2.75) is 38.1 Å². The molecule has 180 valence electrons. The zero-order valence-corrected chi connectivity index (χ0v) is 19.7. The molecule has 9 nitrogen and oxygen atoms in total. The van der Waals surface area contributed by atoms with Gasteiger partial charge in [0.25, 0.3) is 5.91 Å². The lowest BCUT2D eigenvalue weighted by Gasteiger charge is -2.42. The molecule has 1 saturated heterocycles. The van der Waals surface area contributed by atoms with Crippen molar-refractivity contribution in [3.05, 3.63) is 65.1 Å². The minimum absolute atomic E-state index is 0.0641. The van der Waals surface area contributed by atoms with E-state index in [2.05, 4.69) is 44.1 Å². The maximum atomic E-state index is 13.3. The second-order valence-electron chi connectivity index (χ2n) is 9.93. The minimum Gasteiger partial charge on any atom is -0.384 e. The summed E-state index contributed by atoms with van der Waals surface area (Å²) < 4.78 is 0. The Hall–Kier alpha value is -3.72. The van der Waals surface area contributed by atoms with Gasteiger partial charge in [-0.3, -0.25) is 4.79 Å². The molecule has 2 aliphatic heterocycles. The maximum absolute atomic E-state index is 13.3. The lowest BCUT2D eigenvalue weighted by atomic mass is 9.73. The molecule has 4 heterocycles. The van der Waals surface area contributed by atoms with Gasteiger partial charge in [0.05, 0.1) is 17.6 Å². The third-order valence-electron chi connectivity index (χ3n) is 7.97. The highest BCUT2D eigenvalue weighted by atomic mass is 16.2. The van der Waals surface area contributed by atoms with Gasteiger partial charge in [-0.15, -0.1) is 0 Å². The molecule has 0 saturated carbocycles. The van der Waals surface area contributed by atoms with Gasteiger partial charge in [-0.1, -0.05) is 24.3 Å². The fourth-order valence-corrected chi connectivity index (χ4v) is 6.00. The number of rotatable bonds is 2. The van der Waals surface area contributed by atoms with Crippen molar-refractivity contribution in [1.29, 1.82) is 0 Å². The molecular weight excluding hydrogens is 440 g/mol. The van der Waals surface area contributed by atoms with Crippen LogP contribution >= 0.6 is 0 Å². The number of amides is 1. The Balaban J connectivity index is 1.18. The number of fused-ring (bicyclic) bond motifs is 2. The van der Waals surface area contributed by atoms with E-state index >= 15 is 0 Å². The van der Waals surface area contributed by atoms with Crippen molar-refractivity contribution < 1.29 is 4.79 Å². The number of piperidine rings is 1. The second kappa shape index (κ2) is 8.20. The van der Waals surface area contributed by atoms with Crippen LogP contribution in [0, 0.1) is 5.41 Å². The average Bonchev–Trinajstić information content (AvgIpc) is 3.14. The summed E-state index contributed by atoms with van der Waals surface area (Å²) in [6.45, 7) is 2.24. The van der Waals surface area contributed by atoms with Crippen LogP contribution in [0.2, 0.25) is 0 Å². The van der Waals surface area contributed by atoms with Gasteiger partial charge in [-0.2, -0.15) is 0 Å². The molecule has 0 radical (unpaired) electrons. The molecule has 1 aromatic carbocycles. The lowest BCUT2D eigenvalue weighted by molar-refractivity contribution is 0.0981. The topological polar surface area (TPSA) is 140 Å². The zero-order valence-electron chi connectivity index (χ0n) is 19.7. The van der Waals surface area contributed by atoms with Crippen molar-refractivity contribution in [3.8, 4) is 0 Å². The van der Waals surface area contributed by atoms with E-state index < -0.39 is 0 Å². The summed E-state index contributed by atoms with van der Waals surface area (Å²) in [7, 11) is 0. The molecule has 9 heteroatoms. The van der Waals surface area contributed by atoms with E-state index in [1.807, 2.05) is 6.07 Å². The Labute approximate surface area is 204 Å². The molecule has 35 heavy (non-hydrogen) atoms. The van der Waals surface area contributed by atoms with Crippen molar-refractivity contribution in [1.82, 2.24) is 15.0 Å². The summed E-state index contributed by atoms with van der Waals surface area (Å²) in [6.07, 6.45) is 6.24. The lowest BCUT2D eigenvalue weighted by Crippen LogP contribution is -2.44. The highest BCUT2D eigenvalue weighted by Crippen LogP contribution is 2.50. The molecule has 6 rings (SSSR count). The molecular formula is C26H30N8O. The van der Waals surface area contributed by atoms with E-state index in [1.165, 1.54) is 11.1 Å².